The molecule has 3 rings (SSSR count). The molecule has 0 aliphatic rings. The molecule has 0 saturated heterocycles. The highest BCUT2D eigenvalue weighted by Crippen LogP contribution is 2.29. The molecular weight excluding hydrogens is 660 g/mol. The number of ether oxygens (including phenoxy) is 2. The predicted molar refractivity (Wildman–Crippen MR) is 171 cm³/mol. The van der Waals surface area contributed by atoms with E-state index in [1.54, 1.807) is 26.0 Å². The van der Waals surface area contributed by atoms with Crippen molar-refractivity contribution in [1.29, 1.82) is 0 Å². The van der Waals surface area contributed by atoms with Crippen LogP contribution in [0.25, 0.3) is 0 Å². The highest BCUT2D eigenvalue weighted by atomic mass is 35.5. The van der Waals surface area contributed by atoms with Crippen LogP contribution in [0.1, 0.15) is 78.8 Å². The van der Waals surface area contributed by atoms with Crippen LogP contribution in [0.5, 0.6) is 0 Å². The van der Waals surface area contributed by atoms with Crippen molar-refractivity contribution < 1.29 is 45.5 Å². The van der Waals surface area contributed by atoms with Crippen LogP contribution >= 0.6 is 11.6 Å². The molecule has 0 fully saturated rings. The Hall–Kier alpha value is -3.85. The molecule has 0 spiro atoms. The van der Waals surface area contributed by atoms with Crippen molar-refractivity contribution in [1.82, 2.24) is 5.32 Å². The van der Waals surface area contributed by atoms with Gasteiger partial charge < -0.3 is 24.5 Å². The number of sulfonamides is 1. The van der Waals surface area contributed by atoms with Gasteiger partial charge in [0.05, 0.1) is 41.7 Å². The average molecular weight is 698 g/mol. The van der Waals surface area contributed by atoms with E-state index in [9.17, 15) is 31.6 Å². The summed E-state index contributed by atoms with van der Waals surface area (Å²) >= 11 is 6.11. The van der Waals surface area contributed by atoms with Crippen LogP contribution in [-0.2, 0) is 30.8 Å². The maximum absolute atomic E-state index is 13.4. The monoisotopic (exact) mass is 697 g/mol. The lowest BCUT2D eigenvalue weighted by Crippen LogP contribution is -2.42. The number of hydrogen-bond donors (Lipinski definition) is 3. The van der Waals surface area contributed by atoms with Gasteiger partial charge in [0.1, 0.15) is 28.9 Å². The number of Topliss-reactive ketones (excluding diaryl/α,β-unsaturated/α-hetero) is 1. The smallest absolute Gasteiger partial charge is 0.340 e. The second-order valence-electron chi connectivity index (χ2n) is 11.0. The molecule has 1 aromatic heterocycles. The lowest BCUT2D eigenvalue weighted by molar-refractivity contribution is -0.144. The molecule has 0 aliphatic heterocycles. The number of unbranched alkanes of at least 4 members (excludes halogenated alkanes) is 4. The molecule has 2 aromatic carbocycles. The number of halogens is 3. The van der Waals surface area contributed by atoms with Crippen LogP contribution < -0.4 is 15.8 Å². The third kappa shape index (κ3) is 12.4. The van der Waals surface area contributed by atoms with Gasteiger partial charge in [-0.25, -0.2) is 27.1 Å². The number of carbonyl (C=O) groups is 3. The van der Waals surface area contributed by atoms with E-state index in [1.165, 1.54) is 12.3 Å². The molecule has 1 heterocycles. The fourth-order valence-corrected chi connectivity index (χ4v) is 5.71. The molecule has 3 aromatic rings. The van der Waals surface area contributed by atoms with Crippen molar-refractivity contribution in [3.63, 3.8) is 0 Å². The Morgan fingerprint density at radius 1 is 0.979 bits per heavy atom. The Bertz CT molecular complexity index is 1620. The van der Waals surface area contributed by atoms with Gasteiger partial charge in [0.25, 0.3) is 0 Å². The fraction of sp³-hybridized carbons (Fsp3) is 0.406. The Balaban J connectivity index is 1.33. The van der Waals surface area contributed by atoms with Crippen LogP contribution in [0.4, 0.5) is 14.5 Å². The van der Waals surface area contributed by atoms with Crippen molar-refractivity contribution in [2.45, 2.75) is 75.9 Å². The maximum atomic E-state index is 13.4. The Morgan fingerprint density at radius 2 is 1.66 bits per heavy atom. The summed E-state index contributed by atoms with van der Waals surface area (Å²) in [5.41, 5.74) is 0.120. The SMILES string of the molecule is CC(COC(=O)CCCCCCCOC(=O)c1cc(S(N)(=O)=O)c(Cl)cc1NCc1ccco1)NC(C)C(=O)c1cc(F)cc(F)c1. The molecule has 2 unspecified atom stereocenters. The summed E-state index contributed by atoms with van der Waals surface area (Å²) in [4.78, 5) is 37.0. The number of benzene rings is 2. The summed E-state index contributed by atoms with van der Waals surface area (Å²) in [7, 11) is -4.19. The zero-order valence-electron chi connectivity index (χ0n) is 26.0. The summed E-state index contributed by atoms with van der Waals surface area (Å²) in [6, 6.07) is 7.30. The van der Waals surface area contributed by atoms with Gasteiger partial charge in [-0.2, -0.15) is 0 Å². The first-order valence-corrected chi connectivity index (χ1v) is 16.9. The van der Waals surface area contributed by atoms with Crippen molar-refractivity contribution in [2.75, 3.05) is 18.5 Å². The van der Waals surface area contributed by atoms with Gasteiger partial charge in [0.2, 0.25) is 10.0 Å². The number of hydrogen-bond acceptors (Lipinski definition) is 10. The highest BCUT2D eigenvalue weighted by Gasteiger charge is 2.22. The highest BCUT2D eigenvalue weighted by molar-refractivity contribution is 7.89. The number of primary sulfonamides is 1. The molecular formula is C32H38ClF2N3O8S. The number of esters is 2. The molecule has 0 amide bonds. The van der Waals surface area contributed by atoms with Crippen LogP contribution in [-0.4, -0.2) is 51.4 Å². The van der Waals surface area contributed by atoms with E-state index < -0.39 is 50.3 Å². The molecule has 256 valence electrons. The summed E-state index contributed by atoms with van der Waals surface area (Å²) < 4.78 is 66.7. The number of ketones is 1. The van der Waals surface area contributed by atoms with Gasteiger partial charge in [-0.15, -0.1) is 0 Å². The first-order chi connectivity index (χ1) is 22.2. The van der Waals surface area contributed by atoms with Gasteiger partial charge in [0, 0.05) is 24.1 Å². The topological polar surface area (TPSA) is 167 Å². The quantitative estimate of drug-likeness (QED) is 0.0796. The van der Waals surface area contributed by atoms with Gasteiger partial charge in [-0.1, -0.05) is 30.9 Å². The van der Waals surface area contributed by atoms with E-state index in [0.717, 1.165) is 37.5 Å². The molecule has 11 nitrogen and oxygen atoms in total. The number of nitrogens with two attached hydrogens (primary N) is 1. The molecule has 0 radical (unpaired) electrons. The van der Waals surface area contributed by atoms with Crippen molar-refractivity contribution in [3.05, 3.63) is 82.3 Å². The third-order valence-corrected chi connectivity index (χ3v) is 8.33. The summed E-state index contributed by atoms with van der Waals surface area (Å²) in [5.74, 6) is -2.73. The normalized spacial score (nSPS) is 12.7. The Morgan fingerprint density at radius 3 is 2.32 bits per heavy atom. The van der Waals surface area contributed by atoms with Crippen LogP contribution in [0.2, 0.25) is 5.02 Å². The van der Waals surface area contributed by atoms with Gasteiger partial charge >= 0.3 is 11.9 Å². The first kappa shape index (κ1) is 37.6. The largest absolute Gasteiger partial charge is 0.467 e. The molecule has 0 aliphatic carbocycles. The number of rotatable bonds is 19. The van der Waals surface area contributed by atoms with Gasteiger partial charge in [-0.3, -0.25) is 9.59 Å². The standard InChI is InChI=1S/C32H38ClF2N3O8S/c1-20(38-21(2)31(40)22-13-23(34)15-24(35)14-22)19-46-30(39)10-6-4-3-5-7-11-45-32(41)26-16-29(47(36,42)43)27(33)17-28(26)37-18-25-9-8-12-44-25/h8-9,12-17,20-21,37-38H,3-7,10-11,18-19H2,1-2H3,(H2,36,42,43). The number of furan rings is 1. The molecule has 47 heavy (non-hydrogen) atoms. The second kappa shape index (κ2) is 17.9. The number of nitrogens with one attached hydrogen (secondary N) is 2. The second-order valence-corrected chi connectivity index (χ2v) is 12.9. The van der Waals surface area contributed by atoms with Crippen LogP contribution in [0, 0.1) is 11.6 Å². The van der Waals surface area contributed by atoms with E-state index in [-0.39, 0.29) is 54.1 Å². The van der Waals surface area contributed by atoms with E-state index in [4.69, 9.17) is 30.6 Å². The van der Waals surface area contributed by atoms with E-state index in [1.807, 2.05) is 0 Å². The first-order valence-electron chi connectivity index (χ1n) is 15.0. The molecule has 15 heteroatoms. The Kier molecular flexibility index (Phi) is 14.3. The van der Waals surface area contributed by atoms with Crippen molar-refractivity contribution >= 4 is 45.0 Å². The van der Waals surface area contributed by atoms with Crippen molar-refractivity contribution in [2.24, 2.45) is 5.14 Å². The molecule has 0 bridgehead atoms. The van der Waals surface area contributed by atoms with Crippen LogP contribution in [0.3, 0.4) is 0 Å². The van der Waals surface area contributed by atoms with Gasteiger partial charge in [-0.05, 0) is 63.1 Å². The lowest BCUT2D eigenvalue weighted by Gasteiger charge is -2.19. The number of carbonyl (C=O) groups excluding carboxylic acids is 3. The molecule has 2 atom stereocenters. The summed E-state index contributed by atoms with van der Waals surface area (Å²) in [5, 5.41) is 11.1. The van der Waals surface area contributed by atoms with E-state index >= 15 is 0 Å². The Labute approximate surface area is 277 Å². The fourth-order valence-electron chi connectivity index (χ4n) is 4.61. The van der Waals surface area contributed by atoms with Crippen LogP contribution in [0.15, 0.2) is 58.0 Å². The minimum atomic E-state index is -4.19. The zero-order chi connectivity index (χ0) is 34.6. The van der Waals surface area contributed by atoms with Gasteiger partial charge in [0.15, 0.2) is 5.78 Å². The summed E-state index contributed by atoms with van der Waals surface area (Å²) in [6.45, 7) is 3.60. The maximum Gasteiger partial charge on any atom is 0.340 e. The number of anilines is 1. The minimum Gasteiger partial charge on any atom is -0.467 e. The molecule has 0 saturated carbocycles. The summed E-state index contributed by atoms with van der Waals surface area (Å²) in [6.07, 6.45) is 5.06. The molecule has 4 N–H and O–H groups in total. The average Bonchev–Trinajstić information content (AvgIpc) is 3.52. The van der Waals surface area contributed by atoms with Crippen molar-refractivity contribution in [3.8, 4) is 0 Å². The van der Waals surface area contributed by atoms with E-state index in [0.29, 0.717) is 24.7 Å². The lowest BCUT2D eigenvalue weighted by atomic mass is 10.0. The third-order valence-electron chi connectivity index (χ3n) is 6.96. The van der Waals surface area contributed by atoms with E-state index in [2.05, 4.69) is 10.6 Å². The zero-order valence-corrected chi connectivity index (χ0v) is 27.6. The predicted octanol–water partition coefficient (Wildman–Crippen LogP) is 5.76. The minimum absolute atomic E-state index is 0.0196.